The minimum atomic E-state index is -0.238. The third-order valence-electron chi connectivity index (χ3n) is 2.07. The SMILES string of the molecule is N#Cc1nncn1CC(=O)NCc1ccco1. The van der Waals surface area contributed by atoms with Crippen molar-refractivity contribution in [3.8, 4) is 6.07 Å². The number of hydrogen-bond donors (Lipinski definition) is 1. The molecule has 7 nitrogen and oxygen atoms in total. The summed E-state index contributed by atoms with van der Waals surface area (Å²) < 4.78 is 6.44. The number of furan rings is 1. The molecule has 2 rings (SSSR count). The number of carbonyl (C=O) groups is 1. The number of carbonyl (C=O) groups excluding carboxylic acids is 1. The van der Waals surface area contributed by atoms with Gasteiger partial charge in [0.25, 0.3) is 0 Å². The van der Waals surface area contributed by atoms with E-state index in [4.69, 9.17) is 9.68 Å². The van der Waals surface area contributed by atoms with Gasteiger partial charge in [0.1, 0.15) is 24.7 Å². The monoisotopic (exact) mass is 231 g/mol. The van der Waals surface area contributed by atoms with E-state index >= 15 is 0 Å². The van der Waals surface area contributed by atoms with Gasteiger partial charge in [-0.25, -0.2) is 0 Å². The van der Waals surface area contributed by atoms with E-state index in [1.807, 2.05) is 6.07 Å². The topological polar surface area (TPSA) is 96.7 Å². The Hall–Kier alpha value is -2.62. The molecule has 86 valence electrons. The molecule has 17 heavy (non-hydrogen) atoms. The molecule has 0 saturated carbocycles. The molecule has 0 saturated heterocycles. The first-order valence-corrected chi connectivity index (χ1v) is 4.86. The summed E-state index contributed by atoms with van der Waals surface area (Å²) in [6.45, 7) is 0.326. The summed E-state index contributed by atoms with van der Waals surface area (Å²) in [5, 5.41) is 18.4. The second-order valence-electron chi connectivity index (χ2n) is 3.25. The number of amides is 1. The van der Waals surface area contributed by atoms with Gasteiger partial charge in [-0.2, -0.15) is 5.26 Å². The maximum atomic E-state index is 11.5. The quantitative estimate of drug-likeness (QED) is 0.802. The van der Waals surface area contributed by atoms with Crippen molar-refractivity contribution in [3.05, 3.63) is 36.3 Å². The van der Waals surface area contributed by atoms with Gasteiger partial charge in [0.05, 0.1) is 12.8 Å². The van der Waals surface area contributed by atoms with Crippen LogP contribution in [0.1, 0.15) is 11.6 Å². The lowest BCUT2D eigenvalue weighted by atomic mass is 10.4. The predicted molar refractivity (Wildman–Crippen MR) is 55.3 cm³/mol. The van der Waals surface area contributed by atoms with E-state index in [0.29, 0.717) is 12.3 Å². The van der Waals surface area contributed by atoms with Crippen molar-refractivity contribution in [2.24, 2.45) is 0 Å². The Morgan fingerprint density at radius 3 is 3.24 bits per heavy atom. The van der Waals surface area contributed by atoms with E-state index < -0.39 is 0 Å². The van der Waals surface area contributed by atoms with Gasteiger partial charge >= 0.3 is 0 Å². The molecule has 0 bridgehead atoms. The summed E-state index contributed by atoms with van der Waals surface area (Å²) in [6.07, 6.45) is 2.88. The molecule has 7 heteroatoms. The molecular weight excluding hydrogens is 222 g/mol. The third-order valence-corrected chi connectivity index (χ3v) is 2.07. The first-order chi connectivity index (χ1) is 8.29. The average molecular weight is 231 g/mol. The molecule has 2 aromatic heterocycles. The zero-order valence-corrected chi connectivity index (χ0v) is 8.83. The normalized spacial score (nSPS) is 9.82. The highest BCUT2D eigenvalue weighted by atomic mass is 16.3. The van der Waals surface area contributed by atoms with Gasteiger partial charge in [0.15, 0.2) is 0 Å². The van der Waals surface area contributed by atoms with Gasteiger partial charge < -0.3 is 9.73 Å². The van der Waals surface area contributed by atoms with Crippen molar-refractivity contribution >= 4 is 5.91 Å². The number of nitrogens with zero attached hydrogens (tertiary/aromatic N) is 4. The molecule has 2 heterocycles. The van der Waals surface area contributed by atoms with E-state index in [1.54, 1.807) is 12.1 Å². The van der Waals surface area contributed by atoms with Crippen LogP contribution in [0.4, 0.5) is 0 Å². The molecule has 0 aromatic carbocycles. The van der Waals surface area contributed by atoms with Crippen molar-refractivity contribution in [3.63, 3.8) is 0 Å². The van der Waals surface area contributed by atoms with E-state index in [-0.39, 0.29) is 18.3 Å². The maximum Gasteiger partial charge on any atom is 0.240 e. The fourth-order valence-corrected chi connectivity index (χ4v) is 1.27. The van der Waals surface area contributed by atoms with Gasteiger partial charge in [0, 0.05) is 0 Å². The highest BCUT2D eigenvalue weighted by Gasteiger charge is 2.08. The van der Waals surface area contributed by atoms with E-state index in [9.17, 15) is 4.79 Å². The molecule has 1 N–H and O–H groups in total. The van der Waals surface area contributed by atoms with Crippen LogP contribution >= 0.6 is 0 Å². The Balaban J connectivity index is 1.88. The van der Waals surface area contributed by atoms with Crippen LogP contribution in [0, 0.1) is 11.3 Å². The molecular formula is C10H9N5O2. The minimum Gasteiger partial charge on any atom is -0.467 e. The van der Waals surface area contributed by atoms with Gasteiger partial charge in [-0.15, -0.1) is 10.2 Å². The van der Waals surface area contributed by atoms with Crippen LogP contribution in [0.2, 0.25) is 0 Å². The molecule has 0 aliphatic carbocycles. The van der Waals surface area contributed by atoms with Gasteiger partial charge in [-0.1, -0.05) is 0 Å². The number of nitrogens with one attached hydrogen (secondary N) is 1. The Kier molecular flexibility index (Phi) is 3.16. The second kappa shape index (κ2) is 4.94. The molecule has 2 aromatic rings. The van der Waals surface area contributed by atoms with Crippen LogP contribution in [-0.2, 0) is 17.9 Å². The molecule has 0 unspecified atom stereocenters. The van der Waals surface area contributed by atoms with Crippen LogP contribution in [0.15, 0.2) is 29.1 Å². The first kappa shape index (κ1) is 10.9. The first-order valence-electron chi connectivity index (χ1n) is 4.86. The number of hydrogen-bond acceptors (Lipinski definition) is 5. The summed E-state index contributed by atoms with van der Waals surface area (Å²) in [7, 11) is 0. The van der Waals surface area contributed by atoms with E-state index in [1.165, 1.54) is 17.2 Å². The molecule has 0 aliphatic heterocycles. The molecule has 0 fully saturated rings. The minimum absolute atomic E-state index is 0.0105. The second-order valence-corrected chi connectivity index (χ2v) is 3.25. The fraction of sp³-hybridized carbons (Fsp3) is 0.200. The van der Waals surface area contributed by atoms with Crippen LogP contribution in [-0.4, -0.2) is 20.7 Å². The molecule has 0 radical (unpaired) electrons. The Morgan fingerprint density at radius 1 is 1.65 bits per heavy atom. The Morgan fingerprint density at radius 2 is 2.53 bits per heavy atom. The fourth-order valence-electron chi connectivity index (χ4n) is 1.27. The molecule has 1 amide bonds. The highest BCUT2D eigenvalue weighted by Crippen LogP contribution is 1.99. The van der Waals surface area contributed by atoms with Crippen LogP contribution in [0.25, 0.3) is 0 Å². The average Bonchev–Trinajstić information content (AvgIpc) is 2.97. The van der Waals surface area contributed by atoms with Gasteiger partial charge in [-0.3, -0.25) is 9.36 Å². The van der Waals surface area contributed by atoms with Crippen LogP contribution in [0.3, 0.4) is 0 Å². The van der Waals surface area contributed by atoms with Crippen molar-refractivity contribution < 1.29 is 9.21 Å². The zero-order valence-electron chi connectivity index (χ0n) is 8.83. The van der Waals surface area contributed by atoms with Crippen molar-refractivity contribution in [2.75, 3.05) is 0 Å². The molecule has 0 spiro atoms. The lowest BCUT2D eigenvalue weighted by molar-refractivity contribution is -0.121. The smallest absolute Gasteiger partial charge is 0.240 e. The summed E-state index contributed by atoms with van der Waals surface area (Å²) in [5.74, 6) is 0.540. The summed E-state index contributed by atoms with van der Waals surface area (Å²) in [6, 6.07) is 5.35. The van der Waals surface area contributed by atoms with Gasteiger partial charge in [0.2, 0.25) is 11.7 Å². The lowest BCUT2D eigenvalue weighted by Crippen LogP contribution is -2.27. The number of rotatable bonds is 4. The maximum absolute atomic E-state index is 11.5. The highest BCUT2D eigenvalue weighted by molar-refractivity contribution is 5.75. The zero-order chi connectivity index (χ0) is 12.1. The van der Waals surface area contributed by atoms with Crippen LogP contribution in [0.5, 0.6) is 0 Å². The van der Waals surface area contributed by atoms with Crippen LogP contribution < -0.4 is 5.32 Å². The summed E-state index contributed by atoms with van der Waals surface area (Å²) in [5.41, 5.74) is 0. The largest absolute Gasteiger partial charge is 0.467 e. The van der Waals surface area contributed by atoms with E-state index in [0.717, 1.165) is 0 Å². The Labute approximate surface area is 96.7 Å². The lowest BCUT2D eigenvalue weighted by Gasteiger charge is -2.03. The van der Waals surface area contributed by atoms with Crippen molar-refractivity contribution in [2.45, 2.75) is 13.1 Å². The van der Waals surface area contributed by atoms with Crippen molar-refractivity contribution in [1.82, 2.24) is 20.1 Å². The summed E-state index contributed by atoms with van der Waals surface area (Å²) in [4.78, 5) is 11.5. The van der Waals surface area contributed by atoms with E-state index in [2.05, 4.69) is 15.5 Å². The Bertz CT molecular complexity index is 537. The molecule has 0 aliphatic rings. The number of aromatic nitrogens is 3. The third kappa shape index (κ3) is 2.69. The summed E-state index contributed by atoms with van der Waals surface area (Å²) >= 11 is 0. The van der Waals surface area contributed by atoms with Crippen molar-refractivity contribution in [1.29, 1.82) is 5.26 Å². The predicted octanol–water partition coefficient (Wildman–Crippen LogP) is 0.0592. The molecule has 0 atom stereocenters. The standard InChI is InChI=1S/C10H9N5O2/c11-4-9-14-13-7-15(9)6-10(16)12-5-8-2-1-3-17-8/h1-3,7H,5-6H2,(H,12,16). The number of nitriles is 1. The van der Waals surface area contributed by atoms with Gasteiger partial charge in [-0.05, 0) is 12.1 Å².